The van der Waals surface area contributed by atoms with Crippen LogP contribution in [0.1, 0.15) is 18.1 Å². The summed E-state index contributed by atoms with van der Waals surface area (Å²) in [5.41, 5.74) is 1.80. The largest absolute Gasteiger partial charge is 0.439 e. The van der Waals surface area contributed by atoms with E-state index in [9.17, 15) is 0 Å². The van der Waals surface area contributed by atoms with Crippen molar-refractivity contribution >= 4 is 0 Å². The highest BCUT2D eigenvalue weighted by Gasteiger charge is 2.00. The van der Waals surface area contributed by atoms with Gasteiger partial charge in [0.05, 0.1) is 11.6 Å². The molecule has 84 valence electrons. The van der Waals surface area contributed by atoms with Crippen molar-refractivity contribution in [1.82, 2.24) is 4.98 Å². The zero-order chi connectivity index (χ0) is 12.1. The highest BCUT2D eigenvalue weighted by molar-refractivity contribution is 5.35. The smallest absolute Gasteiger partial charge is 0.220 e. The van der Waals surface area contributed by atoms with E-state index < -0.39 is 0 Å². The summed E-state index contributed by atoms with van der Waals surface area (Å²) in [6.45, 7) is 2.10. The Hall–Kier alpha value is -2.34. The van der Waals surface area contributed by atoms with Crippen molar-refractivity contribution in [2.24, 2.45) is 0 Å². The van der Waals surface area contributed by atoms with Crippen LogP contribution < -0.4 is 4.74 Å². The molecule has 0 bridgehead atoms. The summed E-state index contributed by atoms with van der Waals surface area (Å²) in [4.78, 5) is 4.05. The molecule has 0 aliphatic rings. The van der Waals surface area contributed by atoms with Crippen LogP contribution in [0.3, 0.4) is 0 Å². The molecule has 0 saturated heterocycles. The minimum Gasteiger partial charge on any atom is -0.439 e. The average Bonchev–Trinajstić information content (AvgIpc) is 2.40. The third-order valence-corrected chi connectivity index (χ3v) is 2.42. The Balaban J connectivity index is 2.16. The molecule has 1 heterocycles. The first kappa shape index (κ1) is 11.2. The molecule has 0 aliphatic heterocycles. The Labute approximate surface area is 100 Å². The second-order valence-corrected chi connectivity index (χ2v) is 3.59. The van der Waals surface area contributed by atoms with E-state index in [4.69, 9.17) is 10.00 Å². The van der Waals surface area contributed by atoms with Crippen molar-refractivity contribution in [3.63, 3.8) is 0 Å². The van der Waals surface area contributed by atoms with Crippen molar-refractivity contribution < 1.29 is 4.74 Å². The molecule has 0 fully saturated rings. The number of pyridine rings is 1. The summed E-state index contributed by atoms with van der Waals surface area (Å²) in [6, 6.07) is 13.2. The number of aryl methyl sites for hydroxylation is 1. The Morgan fingerprint density at radius 2 is 2.00 bits per heavy atom. The molecular weight excluding hydrogens is 212 g/mol. The number of nitrogens with zero attached hydrogens (tertiary/aromatic N) is 2. The second kappa shape index (κ2) is 5.13. The third kappa shape index (κ3) is 2.82. The fourth-order valence-corrected chi connectivity index (χ4v) is 1.45. The number of nitriles is 1. The first-order chi connectivity index (χ1) is 8.31. The molecule has 2 rings (SSSR count). The predicted molar refractivity (Wildman–Crippen MR) is 64.8 cm³/mol. The first-order valence-electron chi connectivity index (χ1n) is 5.45. The predicted octanol–water partition coefficient (Wildman–Crippen LogP) is 3.31. The summed E-state index contributed by atoms with van der Waals surface area (Å²) < 4.78 is 5.56. The second-order valence-electron chi connectivity index (χ2n) is 3.59. The minimum atomic E-state index is 0.438. The fraction of sp³-hybridized carbons (Fsp3) is 0.143. The van der Waals surface area contributed by atoms with Gasteiger partial charge in [-0.15, -0.1) is 0 Å². The van der Waals surface area contributed by atoms with Crippen molar-refractivity contribution in [3.05, 3.63) is 53.7 Å². The van der Waals surface area contributed by atoms with E-state index in [-0.39, 0.29) is 0 Å². The highest BCUT2D eigenvalue weighted by atomic mass is 16.5. The van der Waals surface area contributed by atoms with Gasteiger partial charge in [-0.25, -0.2) is 4.98 Å². The Kier molecular flexibility index (Phi) is 3.37. The van der Waals surface area contributed by atoms with Crippen LogP contribution in [-0.4, -0.2) is 4.98 Å². The summed E-state index contributed by atoms with van der Waals surface area (Å²) in [5, 5.41) is 8.76. The van der Waals surface area contributed by atoms with Gasteiger partial charge in [0.15, 0.2) is 0 Å². The van der Waals surface area contributed by atoms with Gasteiger partial charge in [0.25, 0.3) is 0 Å². The maximum absolute atomic E-state index is 8.76. The van der Waals surface area contributed by atoms with Crippen LogP contribution in [0.25, 0.3) is 0 Å². The maximum atomic E-state index is 8.76. The van der Waals surface area contributed by atoms with Gasteiger partial charge < -0.3 is 4.74 Å². The molecule has 1 aromatic heterocycles. The number of rotatable bonds is 3. The summed E-state index contributed by atoms with van der Waals surface area (Å²) in [7, 11) is 0. The number of hydrogen-bond acceptors (Lipinski definition) is 3. The molecule has 0 saturated carbocycles. The molecule has 0 radical (unpaired) electrons. The van der Waals surface area contributed by atoms with Gasteiger partial charge in [-0.05, 0) is 30.2 Å². The third-order valence-electron chi connectivity index (χ3n) is 2.42. The lowest BCUT2D eigenvalue weighted by Crippen LogP contribution is -1.89. The van der Waals surface area contributed by atoms with E-state index in [1.54, 1.807) is 18.3 Å². The molecule has 3 nitrogen and oxygen atoms in total. The van der Waals surface area contributed by atoms with Crippen LogP contribution >= 0.6 is 0 Å². The monoisotopic (exact) mass is 224 g/mol. The lowest BCUT2D eigenvalue weighted by Gasteiger charge is -2.05. The minimum absolute atomic E-state index is 0.438. The molecule has 0 aliphatic carbocycles. The standard InChI is InChI=1S/C14H12N2O/c1-2-11-3-5-13(6-4-11)17-14-9-12(10-15)7-8-16-14/h3-9H,2H2,1H3. The van der Waals surface area contributed by atoms with Crippen LogP contribution in [-0.2, 0) is 6.42 Å². The number of aromatic nitrogens is 1. The molecule has 3 heteroatoms. The van der Waals surface area contributed by atoms with Crippen LogP contribution in [0.2, 0.25) is 0 Å². The maximum Gasteiger partial charge on any atom is 0.220 e. The summed E-state index contributed by atoms with van der Waals surface area (Å²) in [5.74, 6) is 1.16. The Morgan fingerprint density at radius 1 is 1.24 bits per heavy atom. The van der Waals surface area contributed by atoms with Gasteiger partial charge in [0.2, 0.25) is 5.88 Å². The van der Waals surface area contributed by atoms with E-state index in [1.807, 2.05) is 24.3 Å². The molecule has 0 atom stereocenters. The molecule has 0 N–H and O–H groups in total. The van der Waals surface area contributed by atoms with Crippen molar-refractivity contribution in [1.29, 1.82) is 5.26 Å². The normalized spacial score (nSPS) is 9.65. The molecule has 0 amide bonds. The Bertz CT molecular complexity index is 541. The Morgan fingerprint density at radius 3 is 2.65 bits per heavy atom. The van der Waals surface area contributed by atoms with Crippen LogP contribution in [0.15, 0.2) is 42.6 Å². The van der Waals surface area contributed by atoms with Gasteiger partial charge in [0, 0.05) is 12.3 Å². The van der Waals surface area contributed by atoms with Gasteiger partial charge in [0.1, 0.15) is 5.75 Å². The van der Waals surface area contributed by atoms with Crippen molar-refractivity contribution in [3.8, 4) is 17.7 Å². The quantitative estimate of drug-likeness (QED) is 0.803. The average molecular weight is 224 g/mol. The van der Waals surface area contributed by atoms with Gasteiger partial charge in [-0.1, -0.05) is 19.1 Å². The molecule has 0 unspecified atom stereocenters. The molecular formula is C14H12N2O. The van der Waals surface area contributed by atoms with E-state index in [0.717, 1.165) is 12.2 Å². The lowest BCUT2D eigenvalue weighted by molar-refractivity contribution is 0.462. The topological polar surface area (TPSA) is 45.9 Å². The van der Waals surface area contributed by atoms with Crippen molar-refractivity contribution in [2.75, 3.05) is 0 Å². The molecule has 2 aromatic rings. The zero-order valence-electron chi connectivity index (χ0n) is 9.55. The molecule has 17 heavy (non-hydrogen) atoms. The number of ether oxygens (including phenoxy) is 1. The summed E-state index contributed by atoms with van der Waals surface area (Å²) in [6.07, 6.45) is 2.57. The highest BCUT2D eigenvalue weighted by Crippen LogP contribution is 2.20. The summed E-state index contributed by atoms with van der Waals surface area (Å²) >= 11 is 0. The number of benzene rings is 1. The fourth-order valence-electron chi connectivity index (χ4n) is 1.45. The van der Waals surface area contributed by atoms with Gasteiger partial charge >= 0.3 is 0 Å². The number of hydrogen-bond donors (Lipinski definition) is 0. The van der Waals surface area contributed by atoms with E-state index in [2.05, 4.69) is 18.0 Å². The molecule has 1 aromatic carbocycles. The molecule has 0 spiro atoms. The van der Waals surface area contributed by atoms with E-state index in [0.29, 0.717) is 11.4 Å². The van der Waals surface area contributed by atoms with Gasteiger partial charge in [-0.2, -0.15) is 5.26 Å². The van der Waals surface area contributed by atoms with Crippen LogP contribution in [0.5, 0.6) is 11.6 Å². The van der Waals surface area contributed by atoms with Crippen LogP contribution in [0, 0.1) is 11.3 Å². The van der Waals surface area contributed by atoms with E-state index in [1.165, 1.54) is 5.56 Å². The zero-order valence-corrected chi connectivity index (χ0v) is 9.55. The first-order valence-corrected chi connectivity index (χ1v) is 5.45. The van der Waals surface area contributed by atoms with Gasteiger partial charge in [-0.3, -0.25) is 0 Å². The van der Waals surface area contributed by atoms with E-state index >= 15 is 0 Å². The lowest BCUT2D eigenvalue weighted by atomic mass is 10.2. The van der Waals surface area contributed by atoms with Crippen molar-refractivity contribution in [2.45, 2.75) is 13.3 Å². The van der Waals surface area contributed by atoms with Crippen LogP contribution in [0.4, 0.5) is 0 Å². The SMILES string of the molecule is CCc1ccc(Oc2cc(C#N)ccn2)cc1.